The van der Waals surface area contributed by atoms with E-state index in [1.807, 2.05) is 18.2 Å². The van der Waals surface area contributed by atoms with Gasteiger partial charge in [0.1, 0.15) is 12.4 Å². The van der Waals surface area contributed by atoms with Crippen LogP contribution in [-0.2, 0) is 6.54 Å². The van der Waals surface area contributed by atoms with Crippen molar-refractivity contribution in [2.75, 3.05) is 26.2 Å². The summed E-state index contributed by atoms with van der Waals surface area (Å²) in [4.78, 5) is 2.42. The quantitative estimate of drug-likeness (QED) is 0.876. The zero-order chi connectivity index (χ0) is 12.1. The monoisotopic (exact) mass is 254 g/mol. The van der Waals surface area contributed by atoms with E-state index in [0.717, 1.165) is 17.9 Å². The Kier molecular flexibility index (Phi) is 4.66. The van der Waals surface area contributed by atoms with E-state index in [9.17, 15) is 0 Å². The van der Waals surface area contributed by atoms with Gasteiger partial charge in [-0.2, -0.15) is 0 Å². The molecule has 0 atom stereocenters. The van der Waals surface area contributed by atoms with Crippen LogP contribution in [0.2, 0.25) is 5.02 Å². The lowest BCUT2D eigenvalue weighted by Gasteiger charge is -2.16. The molecule has 3 nitrogen and oxygen atoms in total. The highest BCUT2D eigenvalue weighted by atomic mass is 35.5. The average Bonchev–Trinajstić information content (AvgIpc) is 2.82. The molecule has 4 heteroatoms. The number of likely N-dealkylation sites (tertiary alicyclic amines) is 1. The van der Waals surface area contributed by atoms with Crippen LogP contribution in [0.4, 0.5) is 0 Å². The molecule has 0 bridgehead atoms. The Hall–Kier alpha value is -0.770. The van der Waals surface area contributed by atoms with Gasteiger partial charge < -0.3 is 10.5 Å². The van der Waals surface area contributed by atoms with Crippen molar-refractivity contribution in [1.82, 2.24) is 4.90 Å². The Morgan fingerprint density at radius 3 is 2.76 bits per heavy atom. The molecule has 2 N–H and O–H groups in total. The lowest BCUT2D eigenvalue weighted by molar-refractivity contribution is 0.236. The van der Waals surface area contributed by atoms with Crippen LogP contribution in [0.5, 0.6) is 5.75 Å². The van der Waals surface area contributed by atoms with Gasteiger partial charge in [0.2, 0.25) is 0 Å². The molecule has 1 aliphatic rings. The van der Waals surface area contributed by atoms with Gasteiger partial charge >= 0.3 is 0 Å². The normalized spacial score (nSPS) is 16.4. The Morgan fingerprint density at radius 1 is 1.29 bits per heavy atom. The van der Waals surface area contributed by atoms with E-state index < -0.39 is 0 Å². The number of halogens is 1. The van der Waals surface area contributed by atoms with Crippen molar-refractivity contribution in [3.63, 3.8) is 0 Å². The molecule has 0 unspecified atom stereocenters. The summed E-state index contributed by atoms with van der Waals surface area (Å²) in [5.74, 6) is 0.819. The fourth-order valence-electron chi connectivity index (χ4n) is 2.16. The highest BCUT2D eigenvalue weighted by molar-refractivity contribution is 6.31. The second-order valence-corrected chi connectivity index (χ2v) is 4.73. The molecule has 0 radical (unpaired) electrons. The third-order valence-electron chi connectivity index (χ3n) is 3.14. The first-order chi connectivity index (χ1) is 8.31. The van der Waals surface area contributed by atoms with E-state index in [-0.39, 0.29) is 0 Å². The Labute approximate surface area is 107 Å². The molecule has 0 spiro atoms. The van der Waals surface area contributed by atoms with Crippen molar-refractivity contribution < 1.29 is 4.74 Å². The minimum Gasteiger partial charge on any atom is -0.492 e. The van der Waals surface area contributed by atoms with Gasteiger partial charge in [-0.25, -0.2) is 0 Å². The van der Waals surface area contributed by atoms with Gasteiger partial charge in [-0.1, -0.05) is 17.7 Å². The minimum atomic E-state index is 0.415. The van der Waals surface area contributed by atoms with E-state index in [2.05, 4.69) is 4.90 Å². The van der Waals surface area contributed by atoms with Gasteiger partial charge in [-0.15, -0.1) is 0 Å². The number of nitrogens with zero attached hydrogens (tertiary/aromatic N) is 1. The van der Waals surface area contributed by atoms with Crippen LogP contribution in [0.3, 0.4) is 0 Å². The fourth-order valence-corrected chi connectivity index (χ4v) is 2.41. The SMILES string of the molecule is NCc1c(Cl)cccc1OCCN1CCCC1. The highest BCUT2D eigenvalue weighted by Crippen LogP contribution is 2.25. The maximum absolute atomic E-state index is 6.07. The molecule has 0 amide bonds. The Balaban J connectivity index is 1.87. The number of benzene rings is 1. The number of ether oxygens (including phenoxy) is 1. The number of hydrogen-bond donors (Lipinski definition) is 1. The van der Waals surface area contributed by atoms with Gasteiger partial charge in [-0.05, 0) is 38.1 Å². The molecule has 0 aromatic heterocycles. The molecule has 1 heterocycles. The molecule has 1 aliphatic heterocycles. The number of nitrogens with two attached hydrogens (primary N) is 1. The van der Waals surface area contributed by atoms with Crippen molar-refractivity contribution in [2.24, 2.45) is 5.73 Å². The summed E-state index contributed by atoms with van der Waals surface area (Å²) in [6, 6.07) is 5.67. The zero-order valence-electron chi connectivity index (χ0n) is 9.99. The predicted octanol–water partition coefficient (Wildman–Crippen LogP) is 2.27. The van der Waals surface area contributed by atoms with Crippen molar-refractivity contribution in [2.45, 2.75) is 19.4 Å². The molecular formula is C13H19ClN2O. The lowest BCUT2D eigenvalue weighted by Crippen LogP contribution is -2.25. The van der Waals surface area contributed by atoms with Crippen LogP contribution in [0, 0.1) is 0 Å². The maximum atomic E-state index is 6.07. The summed E-state index contributed by atoms with van der Waals surface area (Å²) in [7, 11) is 0. The maximum Gasteiger partial charge on any atom is 0.125 e. The third kappa shape index (κ3) is 3.35. The molecule has 94 valence electrons. The Morgan fingerprint density at radius 2 is 2.06 bits per heavy atom. The van der Waals surface area contributed by atoms with E-state index in [4.69, 9.17) is 22.1 Å². The minimum absolute atomic E-state index is 0.415. The van der Waals surface area contributed by atoms with Crippen LogP contribution in [-0.4, -0.2) is 31.1 Å². The first-order valence-electron chi connectivity index (χ1n) is 6.14. The second-order valence-electron chi connectivity index (χ2n) is 4.32. The first-order valence-corrected chi connectivity index (χ1v) is 6.51. The van der Waals surface area contributed by atoms with Gasteiger partial charge in [-0.3, -0.25) is 4.90 Å². The van der Waals surface area contributed by atoms with Crippen LogP contribution >= 0.6 is 11.6 Å². The van der Waals surface area contributed by atoms with Crippen LogP contribution in [0.1, 0.15) is 18.4 Å². The number of hydrogen-bond acceptors (Lipinski definition) is 3. The molecule has 0 aliphatic carbocycles. The summed E-state index contributed by atoms with van der Waals surface area (Å²) in [6.07, 6.45) is 2.62. The van der Waals surface area contributed by atoms with E-state index in [1.54, 1.807) is 0 Å². The second kappa shape index (κ2) is 6.24. The van der Waals surface area contributed by atoms with E-state index in [1.165, 1.54) is 25.9 Å². The molecule has 1 saturated heterocycles. The van der Waals surface area contributed by atoms with Gasteiger partial charge in [0.25, 0.3) is 0 Å². The molecule has 2 rings (SSSR count). The summed E-state index contributed by atoms with van der Waals surface area (Å²) in [5, 5.41) is 0.686. The predicted molar refractivity (Wildman–Crippen MR) is 70.5 cm³/mol. The summed E-state index contributed by atoms with van der Waals surface area (Å²) in [5.41, 5.74) is 6.57. The molecule has 1 aromatic carbocycles. The molecule has 1 fully saturated rings. The largest absolute Gasteiger partial charge is 0.492 e. The topological polar surface area (TPSA) is 38.5 Å². The number of rotatable bonds is 5. The molecule has 1 aromatic rings. The smallest absolute Gasteiger partial charge is 0.125 e. The van der Waals surface area contributed by atoms with Crippen LogP contribution in [0.25, 0.3) is 0 Å². The highest BCUT2D eigenvalue weighted by Gasteiger charge is 2.11. The fraction of sp³-hybridized carbons (Fsp3) is 0.538. The molecule has 0 saturated carbocycles. The lowest BCUT2D eigenvalue weighted by atomic mass is 10.2. The van der Waals surface area contributed by atoms with E-state index in [0.29, 0.717) is 18.2 Å². The van der Waals surface area contributed by atoms with Gasteiger partial charge in [0, 0.05) is 23.7 Å². The summed E-state index contributed by atoms with van der Waals surface area (Å²) >= 11 is 6.07. The Bertz CT molecular complexity index is 364. The third-order valence-corrected chi connectivity index (χ3v) is 3.50. The van der Waals surface area contributed by atoms with Crippen molar-refractivity contribution in [1.29, 1.82) is 0 Å². The first kappa shape index (κ1) is 12.7. The van der Waals surface area contributed by atoms with Gasteiger partial charge in [0.05, 0.1) is 0 Å². The zero-order valence-corrected chi connectivity index (χ0v) is 10.7. The molecule has 17 heavy (non-hydrogen) atoms. The van der Waals surface area contributed by atoms with Gasteiger partial charge in [0.15, 0.2) is 0 Å². The average molecular weight is 255 g/mol. The summed E-state index contributed by atoms with van der Waals surface area (Å²) < 4.78 is 5.76. The standard InChI is InChI=1S/C13H19ClN2O/c14-12-4-3-5-13(11(12)10-15)17-9-8-16-6-1-2-7-16/h3-5H,1-2,6-10,15H2. The van der Waals surface area contributed by atoms with Crippen molar-refractivity contribution in [3.8, 4) is 5.75 Å². The van der Waals surface area contributed by atoms with Crippen LogP contribution in [0.15, 0.2) is 18.2 Å². The van der Waals surface area contributed by atoms with Crippen molar-refractivity contribution >= 4 is 11.6 Å². The summed E-state index contributed by atoms with van der Waals surface area (Å²) in [6.45, 7) is 4.49. The van der Waals surface area contributed by atoms with Crippen LogP contribution < -0.4 is 10.5 Å². The van der Waals surface area contributed by atoms with Crippen molar-refractivity contribution in [3.05, 3.63) is 28.8 Å². The molecular weight excluding hydrogens is 236 g/mol. The van der Waals surface area contributed by atoms with E-state index >= 15 is 0 Å².